The second-order valence-corrected chi connectivity index (χ2v) is 6.66. The molecule has 0 N–H and O–H groups in total. The molecule has 0 amide bonds. The average Bonchev–Trinajstić information content (AvgIpc) is 2.97. The van der Waals surface area contributed by atoms with E-state index in [2.05, 4.69) is 4.99 Å². The highest BCUT2D eigenvalue weighted by Crippen LogP contribution is 2.44. The maximum atomic E-state index is 13.1. The van der Waals surface area contributed by atoms with Crippen LogP contribution >= 0.6 is 23.2 Å². The van der Waals surface area contributed by atoms with Crippen molar-refractivity contribution in [2.45, 2.75) is 12.4 Å². The van der Waals surface area contributed by atoms with Crippen LogP contribution in [0.25, 0.3) is 5.57 Å². The third-order valence-corrected chi connectivity index (χ3v) is 4.37. The summed E-state index contributed by atoms with van der Waals surface area (Å²) in [5, 5.41) is 0.732. The predicted octanol–water partition coefficient (Wildman–Crippen LogP) is 7.26. The fourth-order valence-electron chi connectivity index (χ4n) is 2.67. The Morgan fingerprint density at radius 1 is 0.679 bits per heavy atom. The van der Waals surface area contributed by atoms with Gasteiger partial charge in [-0.1, -0.05) is 47.5 Å². The van der Waals surface area contributed by atoms with Crippen LogP contribution in [0.2, 0.25) is 10.0 Å². The van der Waals surface area contributed by atoms with E-state index in [1.807, 2.05) is 0 Å². The summed E-state index contributed by atoms with van der Waals surface area (Å²) in [7, 11) is 0. The van der Waals surface area contributed by atoms with Crippen molar-refractivity contribution in [1.82, 2.24) is 0 Å². The summed E-state index contributed by atoms with van der Waals surface area (Å²) in [4.78, 5) is 3.69. The number of hydrogen-bond acceptors (Lipinski definition) is 1. The first-order valence-electron chi connectivity index (χ1n) is 7.68. The second-order valence-electron chi connectivity index (χ2n) is 5.79. The highest BCUT2D eigenvalue weighted by atomic mass is 35.5. The number of alkyl halides is 6. The molecule has 146 valence electrons. The Balaban J connectivity index is 2.26. The van der Waals surface area contributed by atoms with Crippen molar-refractivity contribution in [1.29, 1.82) is 0 Å². The summed E-state index contributed by atoms with van der Waals surface area (Å²) in [6.45, 7) is 0. The highest BCUT2D eigenvalue weighted by molar-refractivity contribution is 6.35. The Morgan fingerprint density at radius 2 is 1.11 bits per heavy atom. The smallest absolute Gasteiger partial charge is 0.247 e. The molecule has 9 heteroatoms. The molecule has 0 atom stereocenters. The molecular weight excluding hydrogens is 427 g/mol. The SMILES string of the molecule is FC(F)(F)C(=C1C=C(c2ccc(Cl)cc2)C(c2ccc(Cl)cc2)=N1)C(F)(F)F. The molecule has 0 saturated heterocycles. The summed E-state index contributed by atoms with van der Waals surface area (Å²) >= 11 is 11.6. The van der Waals surface area contributed by atoms with Crippen molar-refractivity contribution >= 4 is 34.5 Å². The molecule has 2 aromatic rings. The number of nitrogens with zero attached hydrogens (tertiary/aromatic N) is 1. The first kappa shape index (κ1) is 20.5. The van der Waals surface area contributed by atoms with Gasteiger partial charge in [0, 0.05) is 21.2 Å². The molecular formula is C19H9Cl2F6N. The van der Waals surface area contributed by atoms with Gasteiger partial charge in [-0.15, -0.1) is 0 Å². The van der Waals surface area contributed by atoms with E-state index in [9.17, 15) is 26.3 Å². The minimum Gasteiger partial charge on any atom is -0.247 e. The minimum absolute atomic E-state index is 0.0278. The number of halogens is 8. The van der Waals surface area contributed by atoms with Gasteiger partial charge in [0.2, 0.25) is 0 Å². The molecule has 2 aromatic carbocycles. The molecule has 0 aliphatic carbocycles. The molecule has 0 bridgehead atoms. The molecule has 0 saturated carbocycles. The van der Waals surface area contributed by atoms with Gasteiger partial charge in [0.25, 0.3) is 0 Å². The number of rotatable bonds is 2. The zero-order chi connectivity index (χ0) is 20.7. The largest absolute Gasteiger partial charge is 0.423 e. The van der Waals surface area contributed by atoms with Crippen LogP contribution in [-0.4, -0.2) is 18.1 Å². The molecule has 0 radical (unpaired) electrons. The van der Waals surface area contributed by atoms with Gasteiger partial charge in [0.15, 0.2) is 5.57 Å². The predicted molar refractivity (Wildman–Crippen MR) is 96.6 cm³/mol. The fourth-order valence-corrected chi connectivity index (χ4v) is 2.93. The third-order valence-electron chi connectivity index (χ3n) is 3.86. The third kappa shape index (κ3) is 4.25. The Kier molecular flexibility index (Phi) is 5.34. The van der Waals surface area contributed by atoms with Crippen LogP contribution in [0, 0.1) is 0 Å². The van der Waals surface area contributed by atoms with Gasteiger partial charge in [0.05, 0.1) is 11.4 Å². The summed E-state index contributed by atoms with van der Waals surface area (Å²) in [6.07, 6.45) is -10.5. The lowest BCUT2D eigenvalue weighted by atomic mass is 9.96. The lowest BCUT2D eigenvalue weighted by Crippen LogP contribution is -2.27. The van der Waals surface area contributed by atoms with Gasteiger partial charge in [-0.25, -0.2) is 4.99 Å². The van der Waals surface area contributed by atoms with Crippen molar-refractivity contribution in [3.8, 4) is 0 Å². The van der Waals surface area contributed by atoms with Crippen molar-refractivity contribution in [3.05, 3.63) is 87.0 Å². The monoisotopic (exact) mass is 435 g/mol. The Bertz CT molecular complexity index is 902. The van der Waals surface area contributed by atoms with E-state index in [4.69, 9.17) is 23.2 Å². The lowest BCUT2D eigenvalue weighted by Gasteiger charge is -2.15. The summed E-state index contributed by atoms with van der Waals surface area (Å²) in [5.41, 5.74) is -3.08. The molecule has 1 aliphatic rings. The number of benzene rings is 2. The Hall–Kier alpha value is -2.25. The van der Waals surface area contributed by atoms with Gasteiger partial charge in [-0.05, 0) is 35.9 Å². The standard InChI is InChI=1S/C19H9Cl2F6N/c20-12-5-1-10(2-6-12)14-9-15(17(18(22,23)24)19(25,26)27)28-16(14)11-3-7-13(21)8-4-11/h1-9H. The van der Waals surface area contributed by atoms with Crippen molar-refractivity contribution < 1.29 is 26.3 Å². The lowest BCUT2D eigenvalue weighted by molar-refractivity contribution is -0.172. The molecule has 1 aliphatic heterocycles. The van der Waals surface area contributed by atoms with Gasteiger partial charge in [-0.3, -0.25) is 0 Å². The first-order chi connectivity index (χ1) is 13.0. The van der Waals surface area contributed by atoms with Gasteiger partial charge < -0.3 is 0 Å². The molecule has 3 rings (SSSR count). The Morgan fingerprint density at radius 3 is 1.54 bits per heavy atom. The normalized spacial score (nSPS) is 14.8. The molecule has 1 nitrogen and oxygen atoms in total. The van der Waals surface area contributed by atoms with Crippen LogP contribution in [-0.2, 0) is 0 Å². The van der Waals surface area contributed by atoms with Crippen molar-refractivity contribution in [2.75, 3.05) is 0 Å². The first-order valence-corrected chi connectivity index (χ1v) is 8.44. The summed E-state index contributed by atoms with van der Waals surface area (Å²) in [5.74, 6) is 0. The van der Waals surface area contributed by atoms with Gasteiger partial charge >= 0.3 is 12.4 Å². The highest BCUT2D eigenvalue weighted by Gasteiger charge is 2.53. The quantitative estimate of drug-likeness (QED) is 0.440. The van der Waals surface area contributed by atoms with E-state index in [0.717, 1.165) is 6.08 Å². The van der Waals surface area contributed by atoms with E-state index < -0.39 is 23.6 Å². The van der Waals surface area contributed by atoms with Crippen LogP contribution in [0.5, 0.6) is 0 Å². The molecule has 28 heavy (non-hydrogen) atoms. The van der Waals surface area contributed by atoms with Gasteiger partial charge in [0.1, 0.15) is 0 Å². The molecule has 0 aromatic heterocycles. The average molecular weight is 436 g/mol. The summed E-state index contributed by atoms with van der Waals surface area (Å²) in [6, 6.07) is 11.8. The number of allylic oxidation sites excluding steroid dienone is 3. The molecule has 0 unspecified atom stereocenters. The fraction of sp³-hybridized carbons (Fsp3) is 0.105. The van der Waals surface area contributed by atoms with Crippen molar-refractivity contribution in [3.63, 3.8) is 0 Å². The zero-order valence-electron chi connectivity index (χ0n) is 13.7. The van der Waals surface area contributed by atoms with E-state index in [0.29, 0.717) is 21.2 Å². The second kappa shape index (κ2) is 7.29. The maximum Gasteiger partial charge on any atom is 0.423 e. The molecule has 0 fully saturated rings. The summed E-state index contributed by atoms with van der Waals surface area (Å²) < 4.78 is 78.7. The van der Waals surface area contributed by atoms with Crippen LogP contribution in [0.3, 0.4) is 0 Å². The van der Waals surface area contributed by atoms with E-state index in [1.165, 1.54) is 48.5 Å². The zero-order valence-corrected chi connectivity index (χ0v) is 15.2. The van der Waals surface area contributed by atoms with Crippen LogP contribution in [0.1, 0.15) is 11.1 Å². The Labute approximate surface area is 165 Å². The molecule has 0 spiro atoms. The molecule has 1 heterocycles. The van der Waals surface area contributed by atoms with E-state index in [-0.39, 0.29) is 11.3 Å². The van der Waals surface area contributed by atoms with Crippen molar-refractivity contribution in [2.24, 2.45) is 4.99 Å². The number of aliphatic imine (C=N–C) groups is 1. The van der Waals surface area contributed by atoms with Gasteiger partial charge in [-0.2, -0.15) is 26.3 Å². The topological polar surface area (TPSA) is 12.4 Å². The maximum absolute atomic E-state index is 13.1. The van der Waals surface area contributed by atoms with Crippen LogP contribution in [0.4, 0.5) is 26.3 Å². The van der Waals surface area contributed by atoms with E-state index in [1.54, 1.807) is 0 Å². The van der Waals surface area contributed by atoms with E-state index >= 15 is 0 Å². The number of hydrogen-bond donors (Lipinski definition) is 0. The minimum atomic E-state index is -5.62. The van der Waals surface area contributed by atoms with Crippen LogP contribution < -0.4 is 0 Å². The van der Waals surface area contributed by atoms with Crippen LogP contribution in [0.15, 0.2) is 70.9 Å².